The smallest absolute Gasteiger partial charge is 0.346 e. The van der Waals surface area contributed by atoms with E-state index in [1.165, 1.54) is 0 Å². The fourth-order valence-corrected chi connectivity index (χ4v) is 2.55. The van der Waals surface area contributed by atoms with Gasteiger partial charge >= 0.3 is 8.69 Å². The van der Waals surface area contributed by atoms with Gasteiger partial charge in [0, 0.05) is 12.3 Å². The molecule has 0 bridgehead atoms. The van der Waals surface area contributed by atoms with Crippen molar-refractivity contribution in [1.29, 1.82) is 0 Å². The molecule has 0 spiro atoms. The predicted molar refractivity (Wildman–Crippen MR) is 55.5 cm³/mol. The van der Waals surface area contributed by atoms with E-state index in [9.17, 15) is 4.57 Å². The summed E-state index contributed by atoms with van der Waals surface area (Å²) in [6.45, 7) is 3.42. The van der Waals surface area contributed by atoms with Crippen LogP contribution in [0.25, 0.3) is 0 Å². The zero-order valence-corrected chi connectivity index (χ0v) is 9.62. The molecule has 0 radical (unpaired) electrons. The van der Waals surface area contributed by atoms with E-state index in [4.69, 9.17) is 15.0 Å². The van der Waals surface area contributed by atoms with Gasteiger partial charge in [0.2, 0.25) is 5.79 Å². The van der Waals surface area contributed by atoms with Crippen molar-refractivity contribution in [2.75, 3.05) is 13.2 Å². The molecule has 4 nitrogen and oxygen atoms in total. The van der Waals surface area contributed by atoms with Crippen LogP contribution >= 0.6 is 8.69 Å². The lowest BCUT2D eigenvalue weighted by Crippen LogP contribution is -2.36. The molecule has 0 aromatic heterocycles. The molecule has 1 aliphatic heterocycles. The minimum absolute atomic E-state index is 0.357. The van der Waals surface area contributed by atoms with E-state index in [0.717, 1.165) is 25.7 Å². The Morgan fingerprint density at radius 3 is 3.07 bits per heavy atom. The number of nitrogens with two attached hydrogens (primary N) is 1. The highest BCUT2D eigenvalue weighted by Crippen LogP contribution is 2.41. The summed E-state index contributed by atoms with van der Waals surface area (Å²) in [5, 5.41) is 0. The van der Waals surface area contributed by atoms with Gasteiger partial charge in [0.1, 0.15) is 0 Å². The molecule has 82 valence electrons. The summed E-state index contributed by atoms with van der Waals surface area (Å²) in [5.41, 5.74) is 5.46. The molecule has 3 unspecified atom stereocenters. The van der Waals surface area contributed by atoms with Crippen LogP contribution in [0, 0.1) is 5.92 Å². The van der Waals surface area contributed by atoms with E-state index >= 15 is 0 Å². The topological polar surface area (TPSA) is 61.6 Å². The van der Waals surface area contributed by atoms with Crippen LogP contribution in [0.4, 0.5) is 0 Å². The van der Waals surface area contributed by atoms with Crippen molar-refractivity contribution in [3.63, 3.8) is 0 Å². The SMILES string of the molecule is CCC1CCOC1(CCCN)O[PH+]=O. The van der Waals surface area contributed by atoms with Crippen molar-refractivity contribution < 1.29 is 13.8 Å². The normalized spacial score (nSPS) is 32.6. The summed E-state index contributed by atoms with van der Waals surface area (Å²) < 4.78 is 21.5. The van der Waals surface area contributed by atoms with Crippen molar-refractivity contribution >= 4 is 8.69 Å². The van der Waals surface area contributed by atoms with E-state index in [-0.39, 0.29) is 0 Å². The molecular formula is C9H19NO3P+. The molecule has 3 atom stereocenters. The summed E-state index contributed by atoms with van der Waals surface area (Å²) >= 11 is 0. The fourth-order valence-electron chi connectivity index (χ4n) is 2.09. The molecule has 1 aliphatic rings. The van der Waals surface area contributed by atoms with Crippen molar-refractivity contribution in [2.24, 2.45) is 11.7 Å². The second-order valence-corrected chi connectivity index (χ2v) is 4.00. The third-order valence-electron chi connectivity index (χ3n) is 2.87. The average Bonchev–Trinajstić information content (AvgIpc) is 2.59. The van der Waals surface area contributed by atoms with Crippen LogP contribution in [0.2, 0.25) is 0 Å². The number of ether oxygens (including phenoxy) is 1. The van der Waals surface area contributed by atoms with Crippen molar-refractivity contribution in [3.8, 4) is 0 Å². The molecule has 1 heterocycles. The van der Waals surface area contributed by atoms with Crippen LogP contribution in [0.15, 0.2) is 0 Å². The zero-order chi connectivity index (χ0) is 10.4. The third kappa shape index (κ3) is 2.51. The zero-order valence-electron chi connectivity index (χ0n) is 8.62. The number of hydrogen-bond acceptors (Lipinski definition) is 4. The summed E-state index contributed by atoms with van der Waals surface area (Å²) in [6.07, 6.45) is 3.58. The van der Waals surface area contributed by atoms with Crippen LogP contribution in [0.3, 0.4) is 0 Å². The second-order valence-electron chi connectivity index (χ2n) is 3.63. The summed E-state index contributed by atoms with van der Waals surface area (Å²) in [5.74, 6) is -0.260. The molecule has 0 saturated carbocycles. The Morgan fingerprint density at radius 1 is 1.71 bits per heavy atom. The van der Waals surface area contributed by atoms with Crippen LogP contribution in [0.5, 0.6) is 0 Å². The first kappa shape index (κ1) is 12.1. The minimum atomic E-state index is -0.753. The first-order chi connectivity index (χ1) is 6.79. The van der Waals surface area contributed by atoms with Crippen molar-refractivity contribution in [2.45, 2.75) is 38.4 Å². The van der Waals surface area contributed by atoms with Gasteiger partial charge in [0.15, 0.2) is 0 Å². The molecule has 1 fully saturated rings. The lowest BCUT2D eigenvalue weighted by Gasteiger charge is -2.27. The van der Waals surface area contributed by atoms with Crippen LogP contribution < -0.4 is 5.73 Å². The first-order valence-electron chi connectivity index (χ1n) is 5.18. The molecule has 1 rings (SSSR count). The van der Waals surface area contributed by atoms with E-state index in [1.807, 2.05) is 0 Å². The van der Waals surface area contributed by atoms with Gasteiger partial charge in [-0.2, -0.15) is 0 Å². The van der Waals surface area contributed by atoms with Crippen LogP contribution in [-0.2, 0) is 13.8 Å². The van der Waals surface area contributed by atoms with Gasteiger partial charge in [-0.05, 0) is 30.4 Å². The number of rotatable bonds is 6. The molecule has 0 amide bonds. The van der Waals surface area contributed by atoms with E-state index in [0.29, 0.717) is 19.1 Å². The first-order valence-corrected chi connectivity index (χ1v) is 6.00. The highest BCUT2D eigenvalue weighted by molar-refractivity contribution is 7.17. The molecule has 14 heavy (non-hydrogen) atoms. The number of hydrogen-bond donors (Lipinski definition) is 1. The van der Waals surface area contributed by atoms with Gasteiger partial charge in [-0.1, -0.05) is 6.92 Å². The van der Waals surface area contributed by atoms with Crippen molar-refractivity contribution in [3.05, 3.63) is 0 Å². The van der Waals surface area contributed by atoms with E-state index < -0.39 is 14.5 Å². The Hall–Kier alpha value is -0.0200. The molecule has 1 saturated heterocycles. The molecule has 0 aromatic carbocycles. The Labute approximate surface area is 86.4 Å². The maximum absolute atomic E-state index is 10.6. The lowest BCUT2D eigenvalue weighted by molar-refractivity contribution is -0.173. The molecule has 5 heteroatoms. The second kappa shape index (κ2) is 5.76. The highest BCUT2D eigenvalue weighted by Gasteiger charge is 2.47. The Bertz CT molecular complexity index is 191. The summed E-state index contributed by atoms with van der Waals surface area (Å²) in [7, 11) is -0.753. The van der Waals surface area contributed by atoms with E-state index in [2.05, 4.69) is 6.92 Å². The minimum Gasteiger partial charge on any atom is -0.346 e. The monoisotopic (exact) mass is 220 g/mol. The van der Waals surface area contributed by atoms with Crippen LogP contribution in [-0.4, -0.2) is 18.9 Å². The highest BCUT2D eigenvalue weighted by atomic mass is 31.1. The van der Waals surface area contributed by atoms with E-state index in [1.54, 1.807) is 0 Å². The summed E-state index contributed by atoms with van der Waals surface area (Å²) in [6, 6.07) is 0. The lowest BCUT2D eigenvalue weighted by atomic mass is 9.92. The standard InChI is InChI=1S/C9H19NO3P/c1-2-8-4-7-12-9(8,13-14-11)5-3-6-10/h8,14H,2-7,10H2,1H3/q+1. The van der Waals surface area contributed by atoms with Gasteiger partial charge in [0.25, 0.3) is 0 Å². The molecular weight excluding hydrogens is 201 g/mol. The largest absolute Gasteiger partial charge is 0.497 e. The maximum atomic E-state index is 10.6. The summed E-state index contributed by atoms with van der Waals surface area (Å²) in [4.78, 5) is 0. The van der Waals surface area contributed by atoms with Gasteiger partial charge in [-0.25, -0.2) is 0 Å². The van der Waals surface area contributed by atoms with Gasteiger partial charge in [0.05, 0.1) is 6.61 Å². The van der Waals surface area contributed by atoms with Crippen molar-refractivity contribution in [1.82, 2.24) is 0 Å². The van der Waals surface area contributed by atoms with Gasteiger partial charge < -0.3 is 10.5 Å². The quantitative estimate of drug-likeness (QED) is 0.693. The Balaban J connectivity index is 2.63. The molecule has 0 aromatic rings. The van der Waals surface area contributed by atoms with Gasteiger partial charge in [-0.15, -0.1) is 4.52 Å². The average molecular weight is 220 g/mol. The Morgan fingerprint density at radius 2 is 2.50 bits per heavy atom. The van der Waals surface area contributed by atoms with Crippen LogP contribution in [0.1, 0.15) is 32.6 Å². The maximum Gasteiger partial charge on any atom is 0.497 e. The predicted octanol–water partition coefficient (Wildman–Crippen LogP) is 1.82. The third-order valence-corrected chi connectivity index (χ3v) is 3.30. The molecule has 0 aliphatic carbocycles. The fraction of sp³-hybridized carbons (Fsp3) is 1.00. The molecule has 2 N–H and O–H groups in total. The van der Waals surface area contributed by atoms with Gasteiger partial charge in [-0.3, -0.25) is 0 Å². The Kier molecular flexibility index (Phi) is 4.96.